The third-order valence-corrected chi connectivity index (χ3v) is 4.09. The van der Waals surface area contributed by atoms with Crippen LogP contribution in [-0.4, -0.2) is 12.1 Å². The molecule has 0 fully saturated rings. The topological polar surface area (TPSA) is 45.9 Å². The van der Waals surface area contributed by atoms with Crippen LogP contribution in [0.2, 0.25) is 0 Å². The van der Waals surface area contributed by atoms with Gasteiger partial charge < -0.3 is 4.74 Å². The Hall–Kier alpha value is -1.38. The quantitative estimate of drug-likeness (QED) is 0.869. The third-order valence-electron chi connectivity index (χ3n) is 2.21. The van der Waals surface area contributed by atoms with E-state index in [-0.39, 0.29) is 0 Å². The molecule has 0 aliphatic heterocycles. The van der Waals surface area contributed by atoms with Crippen molar-refractivity contribution in [3.8, 4) is 22.4 Å². The Labute approximate surface area is 112 Å². The average Bonchev–Trinajstić information content (AvgIpc) is 2.72. The summed E-state index contributed by atoms with van der Waals surface area (Å²) in [7, 11) is 1.64. The summed E-state index contributed by atoms with van der Waals surface area (Å²) >= 11 is 4.95. The minimum atomic E-state index is 0.320. The molecular weight excluding hydrogens is 300 g/mol. The van der Waals surface area contributed by atoms with E-state index in [1.807, 2.05) is 24.3 Å². The van der Waals surface area contributed by atoms with Gasteiger partial charge in [-0.3, -0.25) is 0 Å². The van der Waals surface area contributed by atoms with Crippen molar-refractivity contribution in [1.82, 2.24) is 4.98 Å². The molecule has 5 heteroatoms. The normalized spacial score (nSPS) is 9.94. The first-order valence-electron chi connectivity index (χ1n) is 4.91. The maximum Gasteiger partial charge on any atom is 0.124 e. The van der Waals surface area contributed by atoms with Gasteiger partial charge in [0.1, 0.15) is 10.8 Å². The molecule has 0 bridgehead atoms. The van der Waals surface area contributed by atoms with Gasteiger partial charge in [0.2, 0.25) is 0 Å². The fraction of sp³-hybridized carbons (Fsp3) is 0.167. The Bertz CT molecular complexity index is 574. The Morgan fingerprint density at radius 2 is 2.35 bits per heavy atom. The Morgan fingerprint density at radius 1 is 1.53 bits per heavy atom. The highest BCUT2D eigenvalue weighted by molar-refractivity contribution is 9.11. The smallest absolute Gasteiger partial charge is 0.124 e. The molecule has 0 saturated heterocycles. The van der Waals surface area contributed by atoms with Crippen LogP contribution in [0.4, 0.5) is 0 Å². The molecule has 17 heavy (non-hydrogen) atoms. The van der Waals surface area contributed by atoms with Crippen molar-refractivity contribution in [3.05, 3.63) is 33.7 Å². The molecule has 3 nitrogen and oxygen atoms in total. The van der Waals surface area contributed by atoms with Crippen LogP contribution in [0.3, 0.4) is 0 Å². The lowest BCUT2D eigenvalue weighted by Gasteiger charge is -2.00. The number of nitriles is 1. The second kappa shape index (κ2) is 5.30. The molecule has 0 saturated carbocycles. The molecule has 1 heterocycles. The molecule has 1 aromatic heterocycles. The predicted molar refractivity (Wildman–Crippen MR) is 71.1 cm³/mol. The van der Waals surface area contributed by atoms with Crippen LogP contribution in [-0.2, 0) is 6.42 Å². The number of hydrogen-bond donors (Lipinski definition) is 0. The Balaban J connectivity index is 2.39. The van der Waals surface area contributed by atoms with Crippen LogP contribution in [0, 0.1) is 11.3 Å². The van der Waals surface area contributed by atoms with Crippen molar-refractivity contribution in [3.63, 3.8) is 0 Å². The molecular formula is C12H9BrN2OS. The zero-order valence-electron chi connectivity index (χ0n) is 9.11. The van der Waals surface area contributed by atoms with E-state index in [4.69, 9.17) is 10.00 Å². The van der Waals surface area contributed by atoms with Crippen molar-refractivity contribution in [2.75, 3.05) is 7.11 Å². The predicted octanol–water partition coefficient (Wildman–Crippen LogP) is 3.65. The molecule has 2 rings (SSSR count). The average molecular weight is 309 g/mol. The first kappa shape index (κ1) is 12.1. The molecule has 0 spiro atoms. The van der Waals surface area contributed by atoms with Crippen molar-refractivity contribution in [2.45, 2.75) is 6.42 Å². The van der Waals surface area contributed by atoms with E-state index >= 15 is 0 Å². The molecule has 0 N–H and O–H groups in total. The third kappa shape index (κ3) is 2.65. The lowest BCUT2D eigenvalue weighted by atomic mass is 10.2. The molecule has 0 atom stereocenters. The number of rotatable bonds is 3. The van der Waals surface area contributed by atoms with E-state index in [0.717, 1.165) is 25.8 Å². The van der Waals surface area contributed by atoms with Crippen LogP contribution < -0.4 is 4.74 Å². The highest BCUT2D eigenvalue weighted by Gasteiger charge is 2.10. The van der Waals surface area contributed by atoms with Crippen LogP contribution in [0.25, 0.3) is 10.6 Å². The Morgan fingerprint density at radius 3 is 3.06 bits per heavy atom. The van der Waals surface area contributed by atoms with Gasteiger partial charge in [0.25, 0.3) is 0 Å². The molecule has 1 aromatic carbocycles. The molecule has 0 amide bonds. The summed E-state index contributed by atoms with van der Waals surface area (Å²) in [6, 6.07) is 9.83. The highest BCUT2D eigenvalue weighted by atomic mass is 79.9. The van der Waals surface area contributed by atoms with Crippen LogP contribution in [0.15, 0.2) is 28.1 Å². The standard InChI is InChI=1S/C12H9BrN2OS/c1-16-9-4-2-3-8(7-9)12-15-10(5-6-14)11(13)17-12/h2-4,7H,5H2,1H3. The minimum Gasteiger partial charge on any atom is -0.497 e. The van der Waals surface area contributed by atoms with Gasteiger partial charge in [-0.05, 0) is 28.1 Å². The van der Waals surface area contributed by atoms with Crippen molar-refractivity contribution in [1.29, 1.82) is 5.26 Å². The van der Waals surface area contributed by atoms with E-state index in [1.165, 1.54) is 11.3 Å². The summed E-state index contributed by atoms with van der Waals surface area (Å²) in [4.78, 5) is 4.44. The lowest BCUT2D eigenvalue weighted by Crippen LogP contribution is -1.85. The van der Waals surface area contributed by atoms with E-state index in [1.54, 1.807) is 7.11 Å². The molecule has 86 valence electrons. The molecule has 2 aromatic rings. The van der Waals surface area contributed by atoms with Crippen molar-refractivity contribution >= 4 is 27.3 Å². The maximum atomic E-state index is 8.68. The van der Waals surface area contributed by atoms with E-state index in [2.05, 4.69) is 27.0 Å². The summed E-state index contributed by atoms with van der Waals surface area (Å²) in [5.74, 6) is 0.802. The number of aromatic nitrogens is 1. The number of benzene rings is 1. The minimum absolute atomic E-state index is 0.320. The molecule has 0 unspecified atom stereocenters. The highest BCUT2D eigenvalue weighted by Crippen LogP contribution is 2.33. The first-order valence-corrected chi connectivity index (χ1v) is 6.52. The number of thiazole rings is 1. The fourth-order valence-corrected chi connectivity index (χ4v) is 2.89. The Kier molecular flexibility index (Phi) is 3.77. The van der Waals surface area contributed by atoms with Gasteiger partial charge in [0, 0.05) is 5.56 Å². The maximum absolute atomic E-state index is 8.68. The second-order valence-electron chi connectivity index (χ2n) is 3.31. The number of methoxy groups -OCH3 is 1. The summed E-state index contributed by atoms with van der Waals surface area (Å²) in [6.07, 6.45) is 0.320. The summed E-state index contributed by atoms with van der Waals surface area (Å²) in [6.45, 7) is 0. The summed E-state index contributed by atoms with van der Waals surface area (Å²) in [5, 5.41) is 9.57. The molecule has 0 aliphatic rings. The number of ether oxygens (including phenoxy) is 1. The van der Waals surface area contributed by atoms with Gasteiger partial charge in [-0.2, -0.15) is 5.26 Å². The SMILES string of the molecule is COc1cccc(-c2nc(CC#N)c(Br)s2)c1. The van der Waals surface area contributed by atoms with Gasteiger partial charge in [-0.1, -0.05) is 12.1 Å². The van der Waals surface area contributed by atoms with Crippen LogP contribution in [0.5, 0.6) is 5.75 Å². The van der Waals surface area contributed by atoms with Crippen LogP contribution in [0.1, 0.15) is 5.69 Å². The van der Waals surface area contributed by atoms with E-state index in [9.17, 15) is 0 Å². The molecule has 0 radical (unpaired) electrons. The first-order chi connectivity index (χ1) is 8.24. The number of halogens is 1. The second-order valence-corrected chi connectivity index (χ2v) is 5.62. The van der Waals surface area contributed by atoms with Gasteiger partial charge in [0.05, 0.1) is 29.1 Å². The zero-order valence-corrected chi connectivity index (χ0v) is 11.5. The van der Waals surface area contributed by atoms with E-state index < -0.39 is 0 Å². The van der Waals surface area contributed by atoms with Crippen molar-refractivity contribution < 1.29 is 4.74 Å². The zero-order chi connectivity index (χ0) is 12.3. The van der Waals surface area contributed by atoms with E-state index in [0.29, 0.717) is 6.42 Å². The largest absolute Gasteiger partial charge is 0.497 e. The molecule has 0 aliphatic carbocycles. The van der Waals surface area contributed by atoms with Crippen molar-refractivity contribution in [2.24, 2.45) is 0 Å². The lowest BCUT2D eigenvalue weighted by molar-refractivity contribution is 0.415. The van der Waals surface area contributed by atoms with Gasteiger partial charge >= 0.3 is 0 Å². The number of nitrogens with zero attached hydrogens (tertiary/aromatic N) is 2. The fourth-order valence-electron chi connectivity index (χ4n) is 1.40. The van der Waals surface area contributed by atoms with Gasteiger partial charge in [-0.15, -0.1) is 11.3 Å². The summed E-state index contributed by atoms with van der Waals surface area (Å²) in [5.41, 5.74) is 1.79. The number of hydrogen-bond acceptors (Lipinski definition) is 4. The van der Waals surface area contributed by atoms with Gasteiger partial charge in [0.15, 0.2) is 0 Å². The monoisotopic (exact) mass is 308 g/mol. The summed E-state index contributed by atoms with van der Waals surface area (Å²) < 4.78 is 6.09. The van der Waals surface area contributed by atoms with Gasteiger partial charge in [-0.25, -0.2) is 4.98 Å². The van der Waals surface area contributed by atoms with Crippen LogP contribution >= 0.6 is 27.3 Å².